The maximum atomic E-state index is 13.1. The fourth-order valence-corrected chi connectivity index (χ4v) is 2.55. The maximum Gasteiger partial charge on any atom is 0.416 e. The average molecular weight is 365 g/mol. The molecule has 0 saturated heterocycles. The van der Waals surface area contributed by atoms with Crippen molar-refractivity contribution in [3.63, 3.8) is 0 Å². The van der Waals surface area contributed by atoms with Gasteiger partial charge in [0, 0.05) is 4.83 Å². The van der Waals surface area contributed by atoms with E-state index in [4.69, 9.17) is 0 Å². The molecule has 0 fully saturated rings. The van der Waals surface area contributed by atoms with Crippen LogP contribution in [0.5, 0.6) is 0 Å². The lowest BCUT2D eigenvalue weighted by molar-refractivity contribution is -0.137. The molecule has 0 heterocycles. The van der Waals surface area contributed by atoms with E-state index in [1.54, 1.807) is 0 Å². The summed E-state index contributed by atoms with van der Waals surface area (Å²) in [5.41, 5.74) is 0.460. The minimum Gasteiger partial charge on any atom is -0.204 e. The Kier molecular flexibility index (Phi) is 4.66. The van der Waals surface area contributed by atoms with Crippen LogP contribution in [-0.2, 0) is 12.6 Å². The normalized spacial score (nSPS) is 13.2. The van der Waals surface area contributed by atoms with Crippen molar-refractivity contribution in [3.8, 4) is 0 Å². The highest BCUT2D eigenvalue weighted by molar-refractivity contribution is 9.09. The van der Waals surface area contributed by atoms with Gasteiger partial charge in [-0.25, -0.2) is 8.78 Å². The molecule has 112 valence electrons. The first kappa shape index (κ1) is 15.9. The minimum atomic E-state index is -4.37. The van der Waals surface area contributed by atoms with Gasteiger partial charge >= 0.3 is 6.18 Å². The van der Waals surface area contributed by atoms with Crippen molar-refractivity contribution >= 4 is 15.9 Å². The van der Waals surface area contributed by atoms with Gasteiger partial charge in [-0.3, -0.25) is 0 Å². The molecular weight excluding hydrogens is 355 g/mol. The average Bonchev–Trinajstić information content (AvgIpc) is 2.42. The van der Waals surface area contributed by atoms with E-state index in [-0.39, 0.29) is 4.83 Å². The fraction of sp³-hybridized carbons (Fsp3) is 0.200. The summed E-state index contributed by atoms with van der Waals surface area (Å²) < 4.78 is 63.3. The van der Waals surface area contributed by atoms with E-state index in [0.717, 1.165) is 24.3 Å². The molecule has 2 rings (SSSR count). The molecule has 0 amide bonds. The van der Waals surface area contributed by atoms with Gasteiger partial charge in [0.15, 0.2) is 11.6 Å². The van der Waals surface area contributed by atoms with Crippen LogP contribution >= 0.6 is 15.9 Å². The first-order valence-corrected chi connectivity index (χ1v) is 6.94. The molecule has 1 atom stereocenters. The molecular formula is C15H10BrF5. The second kappa shape index (κ2) is 6.13. The molecule has 0 aromatic heterocycles. The predicted molar refractivity (Wildman–Crippen MR) is 73.2 cm³/mol. The Balaban J connectivity index is 2.13. The largest absolute Gasteiger partial charge is 0.416 e. The quantitative estimate of drug-likeness (QED) is 0.486. The molecule has 0 nitrogen and oxygen atoms in total. The Hall–Kier alpha value is -1.43. The molecule has 0 aliphatic rings. The van der Waals surface area contributed by atoms with Crippen molar-refractivity contribution < 1.29 is 22.0 Å². The monoisotopic (exact) mass is 364 g/mol. The number of alkyl halides is 4. The van der Waals surface area contributed by atoms with E-state index in [1.807, 2.05) is 0 Å². The molecule has 0 spiro atoms. The first-order chi connectivity index (χ1) is 9.77. The zero-order chi connectivity index (χ0) is 15.6. The summed E-state index contributed by atoms with van der Waals surface area (Å²) in [6, 6.07) is 8.26. The highest BCUT2D eigenvalue weighted by Gasteiger charge is 2.30. The lowest BCUT2D eigenvalue weighted by atomic mass is 10.0. The molecule has 21 heavy (non-hydrogen) atoms. The third-order valence-corrected chi connectivity index (χ3v) is 3.85. The van der Waals surface area contributed by atoms with Crippen LogP contribution in [0, 0.1) is 11.6 Å². The molecule has 0 aliphatic heterocycles. The van der Waals surface area contributed by atoms with E-state index in [1.165, 1.54) is 18.2 Å². The van der Waals surface area contributed by atoms with E-state index in [9.17, 15) is 22.0 Å². The van der Waals surface area contributed by atoms with Crippen LogP contribution in [0.2, 0.25) is 0 Å². The van der Waals surface area contributed by atoms with E-state index >= 15 is 0 Å². The van der Waals surface area contributed by atoms with Gasteiger partial charge in [0.05, 0.1) is 5.56 Å². The van der Waals surface area contributed by atoms with Crippen molar-refractivity contribution in [1.29, 1.82) is 0 Å². The van der Waals surface area contributed by atoms with Crippen molar-refractivity contribution in [2.75, 3.05) is 0 Å². The van der Waals surface area contributed by atoms with Crippen LogP contribution < -0.4 is 0 Å². The van der Waals surface area contributed by atoms with E-state index in [0.29, 0.717) is 17.5 Å². The number of hydrogen-bond donors (Lipinski definition) is 0. The zero-order valence-electron chi connectivity index (χ0n) is 10.6. The summed E-state index contributed by atoms with van der Waals surface area (Å²) in [6.07, 6.45) is -4.04. The van der Waals surface area contributed by atoms with Crippen molar-refractivity contribution in [2.45, 2.75) is 17.4 Å². The summed E-state index contributed by atoms with van der Waals surface area (Å²) in [5.74, 6) is -1.88. The Labute approximate surface area is 126 Å². The van der Waals surface area contributed by atoms with Gasteiger partial charge in [0.25, 0.3) is 0 Å². The predicted octanol–water partition coefficient (Wildman–Crippen LogP) is 5.66. The molecule has 6 heteroatoms. The Morgan fingerprint density at radius 1 is 0.905 bits per heavy atom. The van der Waals surface area contributed by atoms with Crippen molar-refractivity contribution in [1.82, 2.24) is 0 Å². The summed E-state index contributed by atoms with van der Waals surface area (Å²) in [4.78, 5) is -0.287. The van der Waals surface area contributed by atoms with Crippen LogP contribution in [0.15, 0.2) is 42.5 Å². The molecule has 0 N–H and O–H groups in total. The highest BCUT2D eigenvalue weighted by Crippen LogP contribution is 2.32. The van der Waals surface area contributed by atoms with Crippen LogP contribution in [0.25, 0.3) is 0 Å². The van der Waals surface area contributed by atoms with Crippen LogP contribution in [-0.4, -0.2) is 0 Å². The summed E-state index contributed by atoms with van der Waals surface area (Å²) in [7, 11) is 0. The first-order valence-electron chi connectivity index (χ1n) is 6.02. The Morgan fingerprint density at radius 2 is 1.52 bits per heavy atom. The maximum absolute atomic E-state index is 13.1. The highest BCUT2D eigenvalue weighted by atomic mass is 79.9. The van der Waals surface area contributed by atoms with Gasteiger partial charge in [-0.15, -0.1) is 0 Å². The SMILES string of the molecule is Fc1ccc(CC(Br)c2ccc(C(F)(F)F)cc2)cc1F. The van der Waals surface area contributed by atoms with E-state index in [2.05, 4.69) is 15.9 Å². The van der Waals surface area contributed by atoms with Gasteiger partial charge in [-0.05, 0) is 41.8 Å². The number of hydrogen-bond acceptors (Lipinski definition) is 0. The van der Waals surface area contributed by atoms with Crippen molar-refractivity contribution in [2.24, 2.45) is 0 Å². The second-order valence-corrected chi connectivity index (χ2v) is 5.65. The fourth-order valence-electron chi connectivity index (χ4n) is 1.87. The van der Waals surface area contributed by atoms with Crippen molar-refractivity contribution in [3.05, 3.63) is 70.8 Å². The molecule has 2 aromatic rings. The molecule has 0 saturated carbocycles. The lowest BCUT2D eigenvalue weighted by Gasteiger charge is -2.12. The van der Waals surface area contributed by atoms with Gasteiger partial charge in [-0.1, -0.05) is 34.1 Å². The smallest absolute Gasteiger partial charge is 0.204 e. The minimum absolute atomic E-state index is 0.287. The second-order valence-electron chi connectivity index (χ2n) is 4.54. The Morgan fingerprint density at radius 3 is 2.05 bits per heavy atom. The molecule has 2 aromatic carbocycles. The molecule has 0 bridgehead atoms. The molecule has 0 radical (unpaired) electrons. The number of halogens is 6. The number of benzene rings is 2. The number of rotatable bonds is 3. The summed E-state index contributed by atoms with van der Waals surface area (Å²) in [6.45, 7) is 0. The Bertz CT molecular complexity index is 619. The van der Waals surface area contributed by atoms with Crippen LogP contribution in [0.3, 0.4) is 0 Å². The van der Waals surface area contributed by atoms with Gasteiger partial charge < -0.3 is 0 Å². The lowest BCUT2D eigenvalue weighted by Crippen LogP contribution is -2.05. The molecule has 0 aliphatic carbocycles. The van der Waals surface area contributed by atoms with Crippen LogP contribution in [0.4, 0.5) is 22.0 Å². The topological polar surface area (TPSA) is 0 Å². The zero-order valence-corrected chi connectivity index (χ0v) is 12.2. The third kappa shape index (κ3) is 4.03. The van der Waals surface area contributed by atoms with E-state index < -0.39 is 23.4 Å². The van der Waals surface area contributed by atoms with Gasteiger partial charge in [-0.2, -0.15) is 13.2 Å². The summed E-state index contributed by atoms with van der Waals surface area (Å²) >= 11 is 3.34. The molecule has 1 unspecified atom stereocenters. The van der Waals surface area contributed by atoms with Crippen LogP contribution in [0.1, 0.15) is 21.5 Å². The third-order valence-electron chi connectivity index (χ3n) is 3.00. The van der Waals surface area contributed by atoms with Gasteiger partial charge in [0.2, 0.25) is 0 Å². The summed E-state index contributed by atoms with van der Waals surface area (Å²) in [5, 5.41) is 0. The standard InChI is InChI=1S/C15H10BrF5/c16-12(7-9-1-6-13(17)14(18)8-9)10-2-4-11(5-3-10)15(19,20)21/h1-6,8,12H,7H2. The van der Waals surface area contributed by atoms with Gasteiger partial charge in [0.1, 0.15) is 0 Å².